The van der Waals surface area contributed by atoms with Crippen LogP contribution in [0.3, 0.4) is 0 Å². The van der Waals surface area contributed by atoms with E-state index in [4.69, 9.17) is 4.98 Å². The topological polar surface area (TPSA) is 35.1 Å². The molecule has 28 heavy (non-hydrogen) atoms. The van der Waals surface area contributed by atoms with Gasteiger partial charge in [0.05, 0.1) is 22.7 Å². The van der Waals surface area contributed by atoms with Crippen LogP contribution in [0, 0.1) is 5.95 Å². The third kappa shape index (κ3) is 1.93. The molecule has 4 nitrogen and oxygen atoms in total. The van der Waals surface area contributed by atoms with Gasteiger partial charge in [-0.15, -0.1) is 0 Å². The van der Waals surface area contributed by atoms with Crippen LogP contribution < -0.4 is 0 Å². The molecule has 3 heterocycles. The quantitative estimate of drug-likeness (QED) is 0.369. The van der Waals surface area contributed by atoms with Crippen molar-refractivity contribution in [3.8, 4) is 11.4 Å². The van der Waals surface area contributed by atoms with Crippen molar-refractivity contribution in [1.82, 2.24) is 18.9 Å². The van der Waals surface area contributed by atoms with E-state index in [0.29, 0.717) is 5.65 Å². The summed E-state index contributed by atoms with van der Waals surface area (Å²) < 4.78 is 18.0. The Labute approximate surface area is 159 Å². The fourth-order valence-electron chi connectivity index (χ4n) is 4.22. The van der Waals surface area contributed by atoms with Crippen molar-refractivity contribution in [3.05, 3.63) is 78.9 Å². The maximum Gasteiger partial charge on any atom is 0.231 e. The normalized spacial score (nSPS) is 11.9. The van der Waals surface area contributed by atoms with Crippen molar-refractivity contribution in [2.24, 2.45) is 7.05 Å². The van der Waals surface area contributed by atoms with Gasteiger partial charge in [0.15, 0.2) is 0 Å². The van der Waals surface area contributed by atoms with Crippen LogP contribution in [-0.2, 0) is 7.05 Å². The Kier molecular flexibility index (Phi) is 2.95. The second kappa shape index (κ2) is 5.39. The smallest absolute Gasteiger partial charge is 0.231 e. The molecular weight excluding hydrogens is 351 g/mol. The highest BCUT2D eigenvalue weighted by Crippen LogP contribution is 2.37. The van der Waals surface area contributed by atoms with E-state index in [1.807, 2.05) is 60.0 Å². The number of fused-ring (bicyclic) bond motifs is 7. The molecule has 6 aromatic rings. The predicted octanol–water partition coefficient (Wildman–Crippen LogP) is 5.33. The monoisotopic (exact) mass is 366 g/mol. The Balaban J connectivity index is 1.85. The molecule has 0 saturated carbocycles. The Hall–Kier alpha value is -3.73. The maximum absolute atomic E-state index is 14.1. The standard InChI is InChI=1S/C23H15FN4/c1-27-19-12-5-3-10-17(19)25-22(27)15-8-6-9-16-21(15)14-7-2-4-11-18(14)28-13-20(24)26-23(16)28/h2-13H,1H3. The summed E-state index contributed by atoms with van der Waals surface area (Å²) in [6.45, 7) is 0. The van der Waals surface area contributed by atoms with Crippen molar-refractivity contribution < 1.29 is 4.39 Å². The Morgan fingerprint density at radius 2 is 1.54 bits per heavy atom. The lowest BCUT2D eigenvalue weighted by Crippen LogP contribution is -1.96. The van der Waals surface area contributed by atoms with Gasteiger partial charge in [-0.1, -0.05) is 48.5 Å². The summed E-state index contributed by atoms with van der Waals surface area (Å²) >= 11 is 0. The van der Waals surface area contributed by atoms with E-state index in [1.54, 1.807) is 0 Å². The number of hydrogen-bond acceptors (Lipinski definition) is 2. The third-order valence-corrected chi connectivity index (χ3v) is 5.44. The van der Waals surface area contributed by atoms with E-state index in [2.05, 4.69) is 27.8 Å². The molecule has 0 aliphatic carbocycles. The summed E-state index contributed by atoms with van der Waals surface area (Å²) in [5, 5.41) is 2.99. The summed E-state index contributed by atoms with van der Waals surface area (Å²) in [5.41, 5.74) is 4.58. The number of pyridine rings is 1. The second-order valence-corrected chi connectivity index (χ2v) is 6.99. The fraction of sp³-hybridized carbons (Fsp3) is 0.0435. The molecule has 0 fully saturated rings. The van der Waals surface area contributed by atoms with Crippen LogP contribution in [-0.4, -0.2) is 18.9 Å². The molecule has 5 heteroatoms. The molecule has 0 amide bonds. The average Bonchev–Trinajstić information content (AvgIpc) is 3.28. The van der Waals surface area contributed by atoms with Crippen LogP contribution in [0.25, 0.3) is 49.7 Å². The van der Waals surface area contributed by atoms with Gasteiger partial charge in [0.25, 0.3) is 0 Å². The third-order valence-electron chi connectivity index (χ3n) is 5.44. The van der Waals surface area contributed by atoms with Crippen LogP contribution in [0.1, 0.15) is 0 Å². The first-order valence-electron chi connectivity index (χ1n) is 9.12. The van der Waals surface area contributed by atoms with E-state index in [-0.39, 0.29) is 0 Å². The minimum absolute atomic E-state index is 0.481. The zero-order valence-corrected chi connectivity index (χ0v) is 15.1. The van der Waals surface area contributed by atoms with Gasteiger partial charge in [-0.25, -0.2) is 4.98 Å². The molecule has 0 aliphatic rings. The summed E-state index contributed by atoms with van der Waals surface area (Å²) in [6.07, 6.45) is 1.44. The Bertz CT molecular complexity index is 1540. The second-order valence-electron chi connectivity index (χ2n) is 6.99. The van der Waals surface area contributed by atoms with Gasteiger partial charge >= 0.3 is 0 Å². The molecule has 0 saturated heterocycles. The van der Waals surface area contributed by atoms with E-state index in [9.17, 15) is 4.39 Å². The van der Waals surface area contributed by atoms with E-state index in [0.717, 1.165) is 44.1 Å². The molecular formula is C23H15FN4. The Morgan fingerprint density at radius 3 is 2.39 bits per heavy atom. The highest BCUT2D eigenvalue weighted by atomic mass is 19.1. The number of aryl methyl sites for hydroxylation is 1. The summed E-state index contributed by atoms with van der Waals surface area (Å²) in [4.78, 5) is 9.05. The lowest BCUT2D eigenvalue weighted by Gasteiger charge is -2.12. The highest BCUT2D eigenvalue weighted by molar-refractivity contribution is 6.17. The van der Waals surface area contributed by atoms with Crippen LogP contribution in [0.5, 0.6) is 0 Å². The number of hydrogen-bond donors (Lipinski definition) is 0. The van der Waals surface area contributed by atoms with Gasteiger partial charge in [0.2, 0.25) is 5.95 Å². The first kappa shape index (κ1) is 15.3. The van der Waals surface area contributed by atoms with Crippen molar-refractivity contribution >= 4 is 38.4 Å². The largest absolute Gasteiger partial charge is 0.327 e. The SMILES string of the molecule is Cn1c(-c2cccc3c2c2ccccc2n2cc(F)nc32)nc2ccccc21. The van der Waals surface area contributed by atoms with Crippen molar-refractivity contribution in [2.45, 2.75) is 0 Å². The average molecular weight is 366 g/mol. The lowest BCUT2D eigenvalue weighted by molar-refractivity contribution is 0.592. The van der Waals surface area contributed by atoms with Gasteiger partial charge in [-0.05, 0) is 18.2 Å². The molecule has 3 aromatic heterocycles. The minimum atomic E-state index is -0.481. The van der Waals surface area contributed by atoms with Crippen molar-refractivity contribution in [2.75, 3.05) is 0 Å². The number of nitrogens with zero attached hydrogens (tertiary/aromatic N) is 4. The summed E-state index contributed by atoms with van der Waals surface area (Å²) in [7, 11) is 2.03. The number of para-hydroxylation sites is 3. The summed E-state index contributed by atoms with van der Waals surface area (Å²) in [5.74, 6) is 0.402. The molecule has 0 unspecified atom stereocenters. The molecule has 0 spiro atoms. The fourth-order valence-corrected chi connectivity index (χ4v) is 4.22. The number of halogens is 1. The highest BCUT2D eigenvalue weighted by Gasteiger charge is 2.18. The maximum atomic E-state index is 14.1. The van der Waals surface area contributed by atoms with Gasteiger partial charge in [-0.2, -0.15) is 9.37 Å². The number of imidazole rings is 2. The molecule has 0 aliphatic heterocycles. The van der Waals surface area contributed by atoms with E-state index in [1.165, 1.54) is 6.20 Å². The van der Waals surface area contributed by atoms with E-state index < -0.39 is 5.95 Å². The zero-order valence-electron chi connectivity index (χ0n) is 15.1. The summed E-state index contributed by atoms with van der Waals surface area (Å²) in [6, 6.07) is 22.2. The molecule has 0 atom stereocenters. The first-order valence-corrected chi connectivity index (χ1v) is 9.12. The molecule has 0 radical (unpaired) electrons. The zero-order chi connectivity index (χ0) is 18.8. The van der Waals surface area contributed by atoms with Gasteiger partial charge < -0.3 is 4.57 Å². The molecule has 6 rings (SSSR count). The van der Waals surface area contributed by atoms with Gasteiger partial charge in [-0.3, -0.25) is 4.40 Å². The first-order chi connectivity index (χ1) is 13.7. The number of benzene rings is 3. The molecule has 0 N–H and O–H groups in total. The molecule has 0 bridgehead atoms. The van der Waals surface area contributed by atoms with E-state index >= 15 is 0 Å². The van der Waals surface area contributed by atoms with Crippen LogP contribution in [0.2, 0.25) is 0 Å². The van der Waals surface area contributed by atoms with Gasteiger partial charge in [0.1, 0.15) is 11.5 Å². The number of rotatable bonds is 1. The molecule has 3 aromatic carbocycles. The van der Waals surface area contributed by atoms with Crippen LogP contribution in [0.15, 0.2) is 72.9 Å². The number of aromatic nitrogens is 4. The van der Waals surface area contributed by atoms with Crippen LogP contribution >= 0.6 is 0 Å². The van der Waals surface area contributed by atoms with Gasteiger partial charge in [0, 0.05) is 28.8 Å². The van der Waals surface area contributed by atoms with Crippen LogP contribution in [0.4, 0.5) is 4.39 Å². The minimum Gasteiger partial charge on any atom is -0.327 e. The van der Waals surface area contributed by atoms with Crippen molar-refractivity contribution in [3.63, 3.8) is 0 Å². The predicted molar refractivity (Wildman–Crippen MR) is 110 cm³/mol. The molecule has 134 valence electrons. The van der Waals surface area contributed by atoms with Crippen molar-refractivity contribution in [1.29, 1.82) is 0 Å². The lowest BCUT2D eigenvalue weighted by atomic mass is 10.00. The Morgan fingerprint density at radius 1 is 0.786 bits per heavy atom.